The number of carboxylic acid groups (broad SMARTS) is 1. The summed E-state index contributed by atoms with van der Waals surface area (Å²) in [6, 6.07) is 7.48. The Morgan fingerprint density at radius 3 is 2.07 bits per heavy atom. The van der Waals surface area contributed by atoms with E-state index in [1.165, 1.54) is 41.9 Å². The second kappa shape index (κ2) is 13.7. The number of esters is 1. The standard InChI is InChI=1S/C26H34N2O5S2.C2HF3O2/c29-24(26(31,22-8-4-16-34-22)23-9-5-17-35-23)33-21-18-28(12-10-19(21)11-13-28)14-15-32-25(30)27-20-6-2-1-3-7-20;3-2(4,5)1(6)7/h4-5,8-9,16-17,19-21,31H,1-3,6-7,10-15,18H2;(H,6,7)/t19?,21-,28?;/m0./s1. The summed E-state index contributed by atoms with van der Waals surface area (Å²) in [5.74, 6) is -3.29. The highest BCUT2D eigenvalue weighted by Gasteiger charge is 2.51. The number of hydrogen-bond donors (Lipinski definition) is 2. The van der Waals surface area contributed by atoms with Gasteiger partial charge in [-0.25, -0.2) is 9.59 Å². The summed E-state index contributed by atoms with van der Waals surface area (Å²) in [7, 11) is 0. The first kappa shape index (κ1) is 32.2. The van der Waals surface area contributed by atoms with Gasteiger partial charge in [0, 0.05) is 24.8 Å². The summed E-state index contributed by atoms with van der Waals surface area (Å²) in [6.07, 6.45) is 1.85. The van der Waals surface area contributed by atoms with Crippen molar-refractivity contribution >= 4 is 40.7 Å². The zero-order valence-electron chi connectivity index (χ0n) is 23.0. The quantitative estimate of drug-likeness (QED) is 0.337. The van der Waals surface area contributed by atoms with E-state index in [1.807, 2.05) is 22.9 Å². The molecule has 1 atom stereocenters. The second-order valence-electron chi connectivity index (χ2n) is 11.0. The van der Waals surface area contributed by atoms with Gasteiger partial charge in [-0.3, -0.25) is 0 Å². The number of carbonyl (C=O) groups is 3. The van der Waals surface area contributed by atoms with Crippen LogP contribution in [0.4, 0.5) is 18.0 Å². The van der Waals surface area contributed by atoms with Gasteiger partial charge in [0.05, 0.1) is 22.8 Å². The van der Waals surface area contributed by atoms with Crippen LogP contribution in [-0.4, -0.2) is 78.7 Å². The molecule has 5 heterocycles. The van der Waals surface area contributed by atoms with Crippen LogP contribution in [0.3, 0.4) is 0 Å². The van der Waals surface area contributed by atoms with Gasteiger partial charge in [-0.15, -0.1) is 22.7 Å². The number of quaternary nitrogens is 1. The van der Waals surface area contributed by atoms with Gasteiger partial charge in [-0.1, -0.05) is 31.4 Å². The maximum atomic E-state index is 13.5. The van der Waals surface area contributed by atoms with E-state index in [9.17, 15) is 27.9 Å². The van der Waals surface area contributed by atoms with Crippen molar-refractivity contribution in [3.05, 3.63) is 44.8 Å². The average molecular weight is 633 g/mol. The Kier molecular flexibility index (Phi) is 10.5. The molecule has 4 aliphatic rings. The number of carbonyl (C=O) groups excluding carboxylic acids is 3. The molecule has 0 aromatic carbocycles. The van der Waals surface area contributed by atoms with Crippen molar-refractivity contribution in [2.24, 2.45) is 5.92 Å². The van der Waals surface area contributed by atoms with E-state index < -0.39 is 23.7 Å². The van der Waals surface area contributed by atoms with Crippen LogP contribution < -0.4 is 10.4 Å². The molecule has 0 spiro atoms. The predicted octanol–water partition coefficient (Wildman–Crippen LogP) is 3.56. The molecule has 1 saturated carbocycles. The third-order valence-corrected chi connectivity index (χ3v) is 10.3. The number of carboxylic acids is 1. The molecule has 232 valence electrons. The van der Waals surface area contributed by atoms with Crippen molar-refractivity contribution < 1.29 is 51.7 Å². The molecule has 3 aliphatic heterocycles. The molecular weight excluding hydrogens is 597 g/mol. The van der Waals surface area contributed by atoms with Crippen LogP contribution in [0.15, 0.2) is 35.0 Å². The van der Waals surface area contributed by atoms with Crippen molar-refractivity contribution in [3.63, 3.8) is 0 Å². The summed E-state index contributed by atoms with van der Waals surface area (Å²) in [5, 5.41) is 27.1. The van der Waals surface area contributed by atoms with Crippen molar-refractivity contribution in [1.82, 2.24) is 5.32 Å². The summed E-state index contributed by atoms with van der Waals surface area (Å²) in [6.45, 7) is 3.80. The number of halogens is 3. The Labute approximate surface area is 249 Å². The van der Waals surface area contributed by atoms with Gasteiger partial charge in [0.25, 0.3) is 0 Å². The lowest BCUT2D eigenvalue weighted by Crippen LogP contribution is -2.65. The molecule has 1 aliphatic carbocycles. The van der Waals surface area contributed by atoms with Gasteiger partial charge in [0.2, 0.25) is 5.60 Å². The van der Waals surface area contributed by atoms with Crippen LogP contribution >= 0.6 is 22.7 Å². The number of hydrogen-bond acceptors (Lipinski definition) is 9. The van der Waals surface area contributed by atoms with E-state index in [0.717, 1.165) is 49.8 Å². The van der Waals surface area contributed by atoms with Crippen LogP contribution in [0, 0.1) is 5.92 Å². The molecular formula is C28H35F3N2O7S2. The summed E-state index contributed by atoms with van der Waals surface area (Å²) in [4.78, 5) is 35.7. The molecule has 6 rings (SSSR count). The first-order chi connectivity index (χ1) is 19.9. The maximum absolute atomic E-state index is 13.5. The Bertz CT molecular complexity index is 1140. The molecule has 2 aromatic rings. The molecule has 2 aromatic heterocycles. The summed E-state index contributed by atoms with van der Waals surface area (Å²) in [5.41, 5.74) is -1.78. The van der Waals surface area contributed by atoms with E-state index in [0.29, 0.717) is 28.8 Å². The van der Waals surface area contributed by atoms with E-state index in [-0.39, 0.29) is 18.2 Å². The van der Waals surface area contributed by atoms with Gasteiger partial charge in [0.15, 0.2) is 6.10 Å². The van der Waals surface area contributed by atoms with Gasteiger partial charge < -0.3 is 34.3 Å². The van der Waals surface area contributed by atoms with Crippen molar-refractivity contribution in [3.8, 4) is 0 Å². The summed E-state index contributed by atoms with van der Waals surface area (Å²) >= 11 is 2.71. The van der Waals surface area contributed by atoms with Crippen LogP contribution in [0.1, 0.15) is 54.7 Å². The fraction of sp³-hybridized carbons (Fsp3) is 0.607. The first-order valence-corrected chi connectivity index (χ1v) is 15.8. The third kappa shape index (κ3) is 7.82. The first-order valence-electron chi connectivity index (χ1n) is 14.0. The normalized spacial score (nSPS) is 24.3. The number of aliphatic carboxylic acids is 1. The largest absolute Gasteiger partial charge is 0.542 e. The number of piperidine rings is 3. The highest BCUT2D eigenvalue weighted by atomic mass is 32.1. The highest BCUT2D eigenvalue weighted by molar-refractivity contribution is 7.12. The summed E-state index contributed by atoms with van der Waals surface area (Å²) < 4.78 is 44.0. The van der Waals surface area contributed by atoms with Gasteiger partial charge in [-0.05, 0) is 35.7 Å². The van der Waals surface area contributed by atoms with E-state index in [2.05, 4.69) is 5.32 Å². The third-order valence-electron chi connectivity index (χ3n) is 8.31. The highest BCUT2D eigenvalue weighted by Crippen LogP contribution is 2.40. The SMILES string of the molecule is O=C(NC1CCCCC1)OCC[N+]12CCC(CC1)[C@@H](OC(=O)C(O)(c1cccs1)c1cccs1)C2.O=C([O-])C(F)(F)F. The zero-order chi connectivity index (χ0) is 30.4. The van der Waals surface area contributed by atoms with Crippen LogP contribution in [-0.2, 0) is 24.7 Å². The van der Waals surface area contributed by atoms with E-state index in [1.54, 1.807) is 12.1 Å². The molecule has 2 bridgehead atoms. The van der Waals surface area contributed by atoms with Crippen LogP contribution in [0.5, 0.6) is 0 Å². The number of ether oxygens (including phenoxy) is 2. The zero-order valence-corrected chi connectivity index (χ0v) is 24.6. The number of nitrogens with zero attached hydrogens (tertiary/aromatic N) is 1. The minimum absolute atomic E-state index is 0.239. The molecule has 3 saturated heterocycles. The lowest BCUT2D eigenvalue weighted by Gasteiger charge is -2.52. The monoisotopic (exact) mass is 632 g/mol. The molecule has 1 amide bonds. The number of fused-ring (bicyclic) bond motifs is 3. The van der Waals surface area contributed by atoms with Crippen LogP contribution in [0.25, 0.3) is 0 Å². The smallest absolute Gasteiger partial charge is 0.430 e. The van der Waals surface area contributed by atoms with E-state index >= 15 is 0 Å². The molecule has 9 nitrogen and oxygen atoms in total. The number of nitrogens with one attached hydrogen (secondary N) is 1. The number of thiophene rings is 2. The predicted molar refractivity (Wildman–Crippen MR) is 146 cm³/mol. The maximum Gasteiger partial charge on any atom is 0.430 e. The molecule has 14 heteroatoms. The lowest BCUT2D eigenvalue weighted by molar-refractivity contribution is -0.946. The molecule has 4 fully saturated rings. The number of rotatable bonds is 8. The Morgan fingerprint density at radius 2 is 1.57 bits per heavy atom. The van der Waals surface area contributed by atoms with Crippen LogP contribution in [0.2, 0.25) is 0 Å². The van der Waals surface area contributed by atoms with E-state index in [4.69, 9.17) is 19.4 Å². The Hall–Kier alpha value is -2.68. The number of aliphatic hydroxyl groups is 1. The molecule has 2 N–H and O–H groups in total. The van der Waals surface area contributed by atoms with Gasteiger partial charge in [0.1, 0.15) is 25.7 Å². The number of amides is 1. The minimum Gasteiger partial charge on any atom is -0.542 e. The molecule has 0 radical (unpaired) electrons. The number of alkyl carbamates (subject to hydrolysis) is 1. The van der Waals surface area contributed by atoms with Crippen molar-refractivity contribution in [2.45, 2.75) is 68.9 Å². The fourth-order valence-corrected chi connectivity index (χ4v) is 7.68. The number of alkyl halides is 3. The molecule has 0 unspecified atom stereocenters. The lowest BCUT2D eigenvalue weighted by atomic mass is 9.83. The fourth-order valence-electron chi connectivity index (χ4n) is 5.97. The van der Waals surface area contributed by atoms with Crippen molar-refractivity contribution in [2.75, 3.05) is 32.8 Å². The van der Waals surface area contributed by atoms with Crippen molar-refractivity contribution in [1.29, 1.82) is 0 Å². The average Bonchev–Trinajstić information content (AvgIpc) is 3.69. The van der Waals surface area contributed by atoms with Gasteiger partial charge in [-0.2, -0.15) is 13.2 Å². The van der Waals surface area contributed by atoms with Gasteiger partial charge >= 0.3 is 18.2 Å². The second-order valence-corrected chi connectivity index (χ2v) is 12.9. The topological polar surface area (TPSA) is 125 Å². The Balaban J connectivity index is 0.000000517. The Morgan fingerprint density at radius 1 is 1.00 bits per heavy atom. The molecule has 42 heavy (non-hydrogen) atoms. The minimum atomic E-state index is -5.19.